The third-order valence-corrected chi connectivity index (χ3v) is 30.7. The van der Waals surface area contributed by atoms with Gasteiger partial charge in [0.25, 0.3) is 46.9 Å². The molecule has 6 fully saturated rings. The summed E-state index contributed by atoms with van der Waals surface area (Å²) in [6.07, 6.45) is 37.3. The van der Waals surface area contributed by atoms with Crippen molar-refractivity contribution in [3.05, 3.63) is 200 Å². The number of hydrogen-bond donors (Lipinski definition) is 4. The lowest BCUT2D eigenvalue weighted by Gasteiger charge is -2.43. The van der Waals surface area contributed by atoms with Crippen LogP contribution in [0.5, 0.6) is 0 Å². The molecule has 13 heterocycles. The van der Waals surface area contributed by atoms with Gasteiger partial charge in [-0.25, -0.2) is 19.9 Å². The Hall–Kier alpha value is -11.2. The van der Waals surface area contributed by atoms with Crippen LogP contribution < -0.4 is 26.2 Å². The molecule has 136 heavy (non-hydrogen) atoms. The van der Waals surface area contributed by atoms with Crippen LogP contribution in [-0.4, -0.2) is 226 Å². The SMILES string of the molecule is [C-]#[N+]C1=CCC(C(=O)Nc2ccc(C(C)(C)N3CCCCC3)nc2C2=CCC(C)(C)CC2)=N1.[C-]#[N+]C1=CCC(C(=O)Nc2ccc(C(C)(C)N3CCN(C)CC3)nc2C2=CCC3(CCCC3)CC2)=N1.[C-]#[N+]C1=CCC(C(=O)Nc2ccc(C(C)(C)N3CCN(C)CC3)nc2N2CCCCC2)=N1.[C-]#[N+]C1=CCC(C(=O)Nc2ccc(C(C)(C)N3CCN(CC)CC3)nc2C2=CCC(C)(C)CC2)=N1. The van der Waals surface area contributed by atoms with Gasteiger partial charge < -0.3 is 60.2 Å². The summed E-state index contributed by atoms with van der Waals surface area (Å²) >= 11 is 0. The zero-order chi connectivity index (χ0) is 96.9. The maximum Gasteiger partial charge on any atom is 0.294 e. The largest absolute Gasteiger partial charge is 0.361 e. The van der Waals surface area contributed by atoms with Gasteiger partial charge in [0.15, 0.2) is 28.7 Å². The molecule has 0 bridgehead atoms. The Kier molecular flexibility index (Phi) is 32.3. The summed E-state index contributed by atoms with van der Waals surface area (Å²) in [5.74, 6) is 0.965. The first-order chi connectivity index (χ1) is 65.0. The monoisotopic (exact) mass is 1840 g/mol. The number of amides is 4. The van der Waals surface area contributed by atoms with Crippen LogP contribution in [0.25, 0.3) is 36.1 Å². The summed E-state index contributed by atoms with van der Waals surface area (Å²) in [7, 11) is 4.34. The van der Waals surface area contributed by atoms with Crippen molar-refractivity contribution in [2.45, 2.75) is 260 Å². The number of anilines is 5. The molecule has 4 amide bonds. The molecular weight excluding hydrogens is 1700 g/mol. The highest BCUT2D eigenvalue weighted by molar-refractivity contribution is 6.46. The predicted octanol–water partition coefficient (Wildman–Crippen LogP) is 19.4. The van der Waals surface area contributed by atoms with Crippen LogP contribution in [0.2, 0.25) is 0 Å². The van der Waals surface area contributed by atoms with E-state index < -0.39 is 0 Å². The van der Waals surface area contributed by atoms with E-state index in [-0.39, 0.29) is 74.1 Å². The number of nitrogens with zero attached hydrogens (tertiary/aromatic N) is 20. The zero-order valence-electron chi connectivity index (χ0n) is 83.5. The van der Waals surface area contributed by atoms with Crippen molar-refractivity contribution in [1.82, 2.24) is 54.2 Å². The van der Waals surface area contributed by atoms with Crippen molar-refractivity contribution >= 4 is 91.8 Å². The summed E-state index contributed by atoms with van der Waals surface area (Å²) in [6.45, 7) is 75.5. The molecule has 0 aromatic carbocycles. The van der Waals surface area contributed by atoms with Crippen LogP contribution in [0, 0.1) is 42.5 Å². The minimum atomic E-state index is -0.262. The Bertz CT molecular complexity index is 5670. The molecule has 0 atom stereocenters. The van der Waals surface area contributed by atoms with E-state index in [1.54, 1.807) is 24.3 Å². The fourth-order valence-corrected chi connectivity index (χ4v) is 20.8. The standard InChI is InChI=1S/C29H38N6O.C28H38N6O.C27H35N5O.C24H33N7O/c1-28(2,35-19-17-34(4)18-20-35)24-9-7-22(32-27(36)23-8-10-25(30-3)31-23)26(33-24)21-11-15-29(16-12-21)13-5-6-14-29;1-7-33-16-18-34(19-17-33)28(4,5)23-10-8-21(31-26(35)22-9-11-24(29-6)30-22)25(32-23)20-12-14-27(2,3)15-13-20;1-26(2)15-13-19(14-16-26)24-20(30-25(33)21-10-12-23(28-5)29-21)9-11-22(31-24)27(3,4)32-17-7-6-8-18-32;1-24(2,31-16-14-29(4)15-17-31)20-10-8-18(22(28-20)30-12-6-5-7-13-30)27-23(32)19-9-11-21(25-3)26-19/h7,9-11H,5-6,8,12-20H2,1-2,4H3,(H,32,36);8,10-12H,7,9,13-19H2,1-5H3,(H,31,35);9,11-13H,6-8,10,14-18H2,1-4H3,(H,30,33);8,10-11H,5-7,9,12-17H2,1-2,4H3,(H,27,32). The fraction of sp³-hybridized carbons (Fsp3) is 0.574. The van der Waals surface area contributed by atoms with E-state index in [9.17, 15) is 19.2 Å². The molecule has 0 radical (unpaired) electrons. The van der Waals surface area contributed by atoms with Gasteiger partial charge in [0.1, 0.15) is 0 Å². The molecule has 0 unspecified atom stereocenters. The van der Waals surface area contributed by atoms with E-state index in [4.69, 9.17) is 46.2 Å². The van der Waals surface area contributed by atoms with Gasteiger partial charge in [-0.3, -0.25) is 38.8 Å². The van der Waals surface area contributed by atoms with Crippen molar-refractivity contribution in [2.75, 3.05) is 152 Å². The highest BCUT2D eigenvalue weighted by atomic mass is 16.2. The second-order valence-corrected chi connectivity index (χ2v) is 42.6. The molecule has 4 N–H and O–H groups in total. The van der Waals surface area contributed by atoms with Crippen molar-refractivity contribution in [2.24, 2.45) is 36.2 Å². The lowest BCUT2D eigenvalue weighted by atomic mass is 9.73. The maximum absolute atomic E-state index is 13.0. The van der Waals surface area contributed by atoms with E-state index in [0.717, 1.165) is 238 Å². The van der Waals surface area contributed by atoms with Gasteiger partial charge in [-0.1, -0.05) is 123 Å². The summed E-state index contributed by atoms with van der Waals surface area (Å²) < 4.78 is 0. The van der Waals surface area contributed by atoms with Gasteiger partial charge >= 0.3 is 0 Å². The number of carbonyl (C=O) groups excluding carboxylic acids is 4. The predicted molar refractivity (Wildman–Crippen MR) is 548 cm³/mol. The number of aliphatic imine (C=N–C) groups is 4. The third kappa shape index (κ3) is 24.3. The van der Waals surface area contributed by atoms with E-state index >= 15 is 0 Å². The van der Waals surface area contributed by atoms with E-state index in [1.807, 2.05) is 30.3 Å². The van der Waals surface area contributed by atoms with Crippen LogP contribution in [0.3, 0.4) is 0 Å². The van der Waals surface area contributed by atoms with Crippen molar-refractivity contribution in [3.8, 4) is 0 Å². The molecule has 1 saturated carbocycles. The van der Waals surface area contributed by atoms with Crippen molar-refractivity contribution in [1.29, 1.82) is 0 Å². The van der Waals surface area contributed by atoms with Gasteiger partial charge in [0, 0.05) is 117 Å². The Labute approximate surface area is 808 Å². The minimum Gasteiger partial charge on any atom is -0.361 e. The third-order valence-electron chi connectivity index (χ3n) is 30.7. The molecule has 720 valence electrons. The molecule has 4 aliphatic carbocycles. The number of aromatic nitrogens is 4. The second kappa shape index (κ2) is 43.7. The number of piperazine rings is 3. The van der Waals surface area contributed by atoms with Gasteiger partial charge in [0.2, 0.25) is 0 Å². The van der Waals surface area contributed by atoms with Crippen molar-refractivity contribution < 1.29 is 19.2 Å². The number of pyridine rings is 4. The molecule has 5 saturated heterocycles. The summed E-state index contributed by atoms with van der Waals surface area (Å²) in [4.78, 5) is 122. The van der Waals surface area contributed by atoms with E-state index in [0.29, 0.717) is 65.5 Å². The van der Waals surface area contributed by atoms with Crippen LogP contribution >= 0.6 is 0 Å². The zero-order valence-corrected chi connectivity index (χ0v) is 83.5. The Morgan fingerprint density at radius 1 is 0.353 bits per heavy atom. The number of allylic oxidation sites excluding steroid dienone is 10. The Balaban J connectivity index is 0.000000145. The number of piperidine rings is 2. The summed E-state index contributed by atoms with van der Waals surface area (Å²) in [6, 6.07) is 16.2. The van der Waals surface area contributed by atoms with Gasteiger partial charge in [-0.15, -0.1) is 20.0 Å². The average molecular weight is 1840 g/mol. The maximum atomic E-state index is 13.0. The molecule has 28 heteroatoms. The number of hydrogen-bond acceptors (Lipinski definition) is 20. The minimum absolute atomic E-state index is 0.170. The topological polar surface area (TPSA) is 261 Å². The molecular formula is C108H144N24O4. The van der Waals surface area contributed by atoms with E-state index in [2.05, 4.69) is 240 Å². The summed E-state index contributed by atoms with van der Waals surface area (Å²) in [5, 5.41) is 12.2. The van der Waals surface area contributed by atoms with Crippen LogP contribution in [0.4, 0.5) is 28.6 Å². The number of likely N-dealkylation sites (tertiary alicyclic amines) is 1. The highest BCUT2D eigenvalue weighted by Crippen LogP contribution is 2.51. The normalized spacial score (nSPS) is 21.3. The molecule has 28 nitrogen and oxygen atoms in total. The van der Waals surface area contributed by atoms with Crippen LogP contribution in [-0.2, 0) is 41.3 Å². The van der Waals surface area contributed by atoms with Gasteiger partial charge in [0.05, 0.1) is 84.8 Å². The quantitative estimate of drug-likeness (QED) is 0.0565. The second-order valence-electron chi connectivity index (χ2n) is 42.6. The Morgan fingerprint density at radius 3 is 0.963 bits per heavy atom. The van der Waals surface area contributed by atoms with Crippen LogP contribution in [0.1, 0.15) is 278 Å². The molecule has 4 aromatic heterocycles. The van der Waals surface area contributed by atoms with Gasteiger partial charge in [-0.05, 0) is 273 Å². The lowest BCUT2D eigenvalue weighted by Crippen LogP contribution is -2.53. The van der Waals surface area contributed by atoms with E-state index in [1.165, 1.54) is 74.5 Å². The first-order valence-electron chi connectivity index (χ1n) is 49.9. The van der Waals surface area contributed by atoms with Gasteiger partial charge in [-0.2, -0.15) is 0 Å². The lowest BCUT2D eigenvalue weighted by molar-refractivity contribution is -0.111. The summed E-state index contributed by atoms with van der Waals surface area (Å²) in [5.41, 5.74) is 15.1. The fourth-order valence-electron chi connectivity index (χ4n) is 20.8. The first-order valence-corrected chi connectivity index (χ1v) is 49.9. The molecule has 9 aliphatic heterocycles. The number of carbonyl (C=O) groups is 4. The molecule has 17 rings (SSSR count). The number of rotatable bonds is 21. The molecule has 13 aliphatic rings. The van der Waals surface area contributed by atoms with Crippen LogP contribution in [0.15, 0.2) is 134 Å². The molecule has 1 spiro atoms. The average Bonchev–Trinajstić information content (AvgIpc) is 1.51. The number of nitrogens with one attached hydrogen (secondary N) is 4. The molecule has 4 aromatic rings. The van der Waals surface area contributed by atoms with Crippen molar-refractivity contribution in [3.63, 3.8) is 0 Å². The smallest absolute Gasteiger partial charge is 0.294 e. The first kappa shape index (κ1) is 101. The number of likely N-dealkylation sites (N-methyl/N-ethyl adjacent to an activating group) is 3. The highest BCUT2D eigenvalue weighted by Gasteiger charge is 2.42. The Morgan fingerprint density at radius 2 is 0.654 bits per heavy atom.